The van der Waals surface area contributed by atoms with Gasteiger partial charge in [0.25, 0.3) is 5.56 Å². The Bertz CT molecular complexity index is 791. The molecule has 1 aromatic rings. The number of aromatic nitrogens is 2. The zero-order chi connectivity index (χ0) is 17.2. The normalized spacial score (nSPS) is 12.0. The lowest BCUT2D eigenvalue weighted by Crippen LogP contribution is -2.44. The van der Waals surface area contributed by atoms with Gasteiger partial charge >= 0.3 is 5.69 Å². The lowest BCUT2D eigenvalue weighted by molar-refractivity contribution is -0.121. The topological polar surface area (TPSA) is 110 Å². The molecule has 0 saturated carbocycles. The third-order valence-corrected chi connectivity index (χ3v) is 4.70. The van der Waals surface area contributed by atoms with E-state index in [4.69, 9.17) is 0 Å². The SMILES string of the molecule is CC(C)NC(=O)CN(C)S(=O)(=O)c1cn(C)c(=O)n(C)c1=O. The van der Waals surface area contributed by atoms with Crippen molar-refractivity contribution in [3.63, 3.8) is 0 Å². The number of amides is 1. The summed E-state index contributed by atoms with van der Waals surface area (Å²) >= 11 is 0. The molecule has 1 rings (SSSR count). The van der Waals surface area contributed by atoms with Gasteiger partial charge in [-0.3, -0.25) is 14.2 Å². The van der Waals surface area contributed by atoms with E-state index in [9.17, 15) is 22.8 Å². The third-order valence-electron chi connectivity index (χ3n) is 2.92. The zero-order valence-corrected chi connectivity index (χ0v) is 14.0. The summed E-state index contributed by atoms with van der Waals surface area (Å²) in [6.07, 6.45) is 0.955. The second-order valence-corrected chi connectivity index (χ2v) is 7.25. The number of hydrogen-bond donors (Lipinski definition) is 1. The molecule has 0 atom stereocenters. The quantitative estimate of drug-likeness (QED) is 0.686. The number of rotatable bonds is 5. The highest BCUT2D eigenvalue weighted by Gasteiger charge is 2.27. The first-order valence-electron chi connectivity index (χ1n) is 6.50. The minimum atomic E-state index is -4.18. The number of likely N-dealkylation sites (N-methyl/N-ethyl adjacent to an activating group) is 1. The van der Waals surface area contributed by atoms with E-state index < -0.39 is 38.6 Å². The molecule has 0 aliphatic carbocycles. The molecule has 124 valence electrons. The Labute approximate surface area is 128 Å². The second-order valence-electron chi connectivity index (χ2n) is 5.23. The average Bonchev–Trinajstić information content (AvgIpc) is 2.39. The number of nitrogens with one attached hydrogen (secondary N) is 1. The molecule has 0 aromatic carbocycles. The smallest absolute Gasteiger partial charge is 0.330 e. The number of nitrogens with zero attached hydrogens (tertiary/aromatic N) is 3. The van der Waals surface area contributed by atoms with Crippen molar-refractivity contribution in [2.45, 2.75) is 24.8 Å². The predicted molar refractivity (Wildman–Crippen MR) is 80.0 cm³/mol. The van der Waals surface area contributed by atoms with Gasteiger partial charge in [-0.1, -0.05) is 0 Å². The van der Waals surface area contributed by atoms with Crippen LogP contribution in [-0.2, 0) is 28.9 Å². The first-order chi connectivity index (χ1) is 9.98. The van der Waals surface area contributed by atoms with E-state index in [-0.39, 0.29) is 6.04 Å². The maximum Gasteiger partial charge on any atom is 0.330 e. The zero-order valence-electron chi connectivity index (χ0n) is 13.2. The molecule has 0 bridgehead atoms. The van der Waals surface area contributed by atoms with Gasteiger partial charge < -0.3 is 9.88 Å². The van der Waals surface area contributed by atoms with Crippen LogP contribution >= 0.6 is 0 Å². The van der Waals surface area contributed by atoms with Crippen LogP contribution in [0.2, 0.25) is 0 Å². The fourth-order valence-electron chi connectivity index (χ4n) is 1.77. The summed E-state index contributed by atoms with van der Waals surface area (Å²) in [5, 5.41) is 2.56. The van der Waals surface area contributed by atoms with Crippen molar-refractivity contribution in [1.29, 1.82) is 0 Å². The summed E-state index contributed by atoms with van der Waals surface area (Å²) < 4.78 is 27.3. The lowest BCUT2D eigenvalue weighted by Gasteiger charge is -2.18. The molecule has 9 nitrogen and oxygen atoms in total. The largest absolute Gasteiger partial charge is 0.353 e. The summed E-state index contributed by atoms with van der Waals surface area (Å²) in [7, 11) is -0.459. The molecule has 1 amide bonds. The molecule has 0 aliphatic heterocycles. The number of carbonyl (C=O) groups excluding carboxylic acids is 1. The maximum absolute atomic E-state index is 12.4. The van der Waals surface area contributed by atoms with Gasteiger partial charge in [-0.15, -0.1) is 0 Å². The van der Waals surface area contributed by atoms with E-state index in [1.54, 1.807) is 13.8 Å². The molecule has 1 N–H and O–H groups in total. The van der Waals surface area contributed by atoms with Crippen molar-refractivity contribution in [3.8, 4) is 0 Å². The Morgan fingerprint density at radius 3 is 2.36 bits per heavy atom. The highest BCUT2D eigenvalue weighted by atomic mass is 32.2. The van der Waals surface area contributed by atoms with Crippen LogP contribution in [0.1, 0.15) is 13.8 Å². The highest BCUT2D eigenvalue weighted by molar-refractivity contribution is 7.89. The molecule has 0 saturated heterocycles. The van der Waals surface area contributed by atoms with Crippen molar-refractivity contribution in [1.82, 2.24) is 18.8 Å². The molecular weight excluding hydrogens is 312 g/mol. The maximum atomic E-state index is 12.4. The number of aryl methyl sites for hydroxylation is 1. The van der Waals surface area contributed by atoms with Gasteiger partial charge in [-0.25, -0.2) is 13.2 Å². The van der Waals surface area contributed by atoms with E-state index >= 15 is 0 Å². The van der Waals surface area contributed by atoms with Crippen molar-refractivity contribution in [3.05, 3.63) is 27.0 Å². The summed E-state index contributed by atoms with van der Waals surface area (Å²) in [5.41, 5.74) is -1.57. The van der Waals surface area contributed by atoms with Gasteiger partial charge in [0, 0.05) is 33.4 Å². The van der Waals surface area contributed by atoms with Gasteiger partial charge in [0.05, 0.1) is 6.54 Å². The van der Waals surface area contributed by atoms with Crippen LogP contribution in [0.25, 0.3) is 0 Å². The molecule has 1 aromatic heterocycles. The second kappa shape index (κ2) is 6.44. The van der Waals surface area contributed by atoms with Crippen LogP contribution in [0.3, 0.4) is 0 Å². The molecule has 0 spiro atoms. The fourth-order valence-corrected chi connectivity index (χ4v) is 3.05. The van der Waals surface area contributed by atoms with Gasteiger partial charge in [0.15, 0.2) is 4.90 Å². The average molecular weight is 332 g/mol. The summed E-state index contributed by atoms with van der Waals surface area (Å²) in [6.45, 7) is 3.07. The van der Waals surface area contributed by atoms with Crippen LogP contribution in [0, 0.1) is 0 Å². The fraction of sp³-hybridized carbons (Fsp3) is 0.583. The molecule has 0 unspecified atom stereocenters. The monoisotopic (exact) mass is 332 g/mol. The minimum Gasteiger partial charge on any atom is -0.353 e. The lowest BCUT2D eigenvalue weighted by atomic mass is 10.4. The van der Waals surface area contributed by atoms with Crippen LogP contribution in [0.4, 0.5) is 0 Å². The van der Waals surface area contributed by atoms with Crippen LogP contribution in [-0.4, -0.2) is 47.4 Å². The Morgan fingerprint density at radius 2 is 1.86 bits per heavy atom. The standard InChI is InChI=1S/C12H20N4O5S/c1-8(2)13-10(17)7-15(4)22(20,21)9-6-14(3)12(19)16(5)11(9)18/h6,8H,7H2,1-5H3,(H,13,17). The van der Waals surface area contributed by atoms with Crippen LogP contribution < -0.4 is 16.6 Å². The molecule has 1 heterocycles. The first-order valence-corrected chi connectivity index (χ1v) is 7.94. The number of hydrogen-bond acceptors (Lipinski definition) is 5. The number of carbonyl (C=O) groups is 1. The Kier molecular flexibility index (Phi) is 5.30. The summed E-state index contributed by atoms with van der Waals surface area (Å²) in [6, 6.07) is -0.131. The van der Waals surface area contributed by atoms with E-state index in [2.05, 4.69) is 5.32 Å². The molecule has 0 fully saturated rings. The third kappa shape index (κ3) is 3.63. The Morgan fingerprint density at radius 1 is 1.32 bits per heavy atom. The van der Waals surface area contributed by atoms with E-state index in [1.807, 2.05) is 0 Å². The molecular formula is C12H20N4O5S. The van der Waals surface area contributed by atoms with Crippen molar-refractivity contribution in [2.75, 3.05) is 13.6 Å². The highest BCUT2D eigenvalue weighted by Crippen LogP contribution is 2.08. The molecule has 0 radical (unpaired) electrons. The van der Waals surface area contributed by atoms with Gasteiger partial charge in [0.1, 0.15) is 0 Å². The Hall–Kier alpha value is -1.94. The van der Waals surface area contributed by atoms with Gasteiger partial charge in [-0.2, -0.15) is 4.31 Å². The van der Waals surface area contributed by atoms with Gasteiger partial charge in [0.2, 0.25) is 15.9 Å². The van der Waals surface area contributed by atoms with Crippen molar-refractivity contribution < 1.29 is 13.2 Å². The van der Waals surface area contributed by atoms with E-state index in [0.29, 0.717) is 4.57 Å². The van der Waals surface area contributed by atoms with Crippen LogP contribution in [0.5, 0.6) is 0 Å². The van der Waals surface area contributed by atoms with E-state index in [1.165, 1.54) is 21.1 Å². The number of sulfonamides is 1. The molecule has 0 aliphatic rings. The van der Waals surface area contributed by atoms with Gasteiger partial charge in [-0.05, 0) is 13.8 Å². The molecule has 10 heteroatoms. The van der Waals surface area contributed by atoms with Crippen molar-refractivity contribution >= 4 is 15.9 Å². The minimum absolute atomic E-state index is 0.131. The molecule has 22 heavy (non-hydrogen) atoms. The summed E-state index contributed by atoms with van der Waals surface area (Å²) in [4.78, 5) is 34.7. The predicted octanol–water partition coefficient (Wildman–Crippen LogP) is -1.77. The Balaban J connectivity index is 3.23. The first kappa shape index (κ1) is 18.1. The van der Waals surface area contributed by atoms with E-state index in [0.717, 1.165) is 15.1 Å². The van der Waals surface area contributed by atoms with Crippen LogP contribution in [0.15, 0.2) is 20.7 Å². The van der Waals surface area contributed by atoms with Crippen molar-refractivity contribution in [2.24, 2.45) is 14.1 Å². The summed E-state index contributed by atoms with van der Waals surface area (Å²) in [5.74, 6) is -0.484.